The first kappa shape index (κ1) is 20.7. The fourth-order valence-corrected chi connectivity index (χ4v) is 3.72. The van der Waals surface area contributed by atoms with Gasteiger partial charge in [-0.2, -0.15) is 0 Å². The van der Waals surface area contributed by atoms with E-state index in [-0.39, 0.29) is 24.8 Å². The Morgan fingerprint density at radius 1 is 1.06 bits per heavy atom. The van der Waals surface area contributed by atoms with E-state index in [1.54, 1.807) is 18.2 Å². The second-order valence-corrected chi connectivity index (χ2v) is 7.79. The Balaban J connectivity index is 1.48. The minimum absolute atomic E-state index is 0.0774. The summed E-state index contributed by atoms with van der Waals surface area (Å²) in [6.45, 7) is 2.70. The van der Waals surface area contributed by atoms with Gasteiger partial charge in [-0.25, -0.2) is 4.39 Å². The van der Waals surface area contributed by atoms with Crippen LogP contribution in [0.2, 0.25) is 0 Å². The summed E-state index contributed by atoms with van der Waals surface area (Å²) in [5, 5.41) is 9.79. The lowest BCUT2D eigenvalue weighted by Gasteiger charge is -2.12. The Bertz CT molecular complexity index is 1180. The number of aliphatic carboxylic acids is 1. The molecule has 4 rings (SSSR count). The third-order valence-electron chi connectivity index (χ3n) is 5.46. The Morgan fingerprint density at radius 2 is 1.81 bits per heavy atom. The minimum atomic E-state index is -0.823. The van der Waals surface area contributed by atoms with E-state index in [0.29, 0.717) is 17.9 Å². The van der Waals surface area contributed by atoms with E-state index in [1.165, 1.54) is 5.56 Å². The van der Waals surface area contributed by atoms with Crippen molar-refractivity contribution in [2.24, 2.45) is 0 Å². The zero-order valence-corrected chi connectivity index (χ0v) is 17.3. The number of ether oxygens (including phenoxy) is 1. The van der Waals surface area contributed by atoms with Crippen molar-refractivity contribution in [1.82, 2.24) is 4.57 Å². The topological polar surface area (TPSA) is 51.5 Å². The summed E-state index contributed by atoms with van der Waals surface area (Å²) in [5.41, 5.74) is 3.56. The average Bonchev–Trinajstić information content (AvgIpc) is 3.14. The van der Waals surface area contributed by atoms with Gasteiger partial charge in [0.25, 0.3) is 0 Å². The molecule has 1 atom stereocenters. The fourth-order valence-electron chi connectivity index (χ4n) is 3.72. The number of carboxylic acid groups (broad SMARTS) is 1. The smallest absolute Gasteiger partial charge is 0.303 e. The summed E-state index contributed by atoms with van der Waals surface area (Å²) >= 11 is 0. The van der Waals surface area contributed by atoms with Gasteiger partial charge in [-0.3, -0.25) is 4.79 Å². The van der Waals surface area contributed by atoms with Crippen molar-refractivity contribution in [3.05, 3.63) is 102 Å². The number of halogens is 1. The molecule has 1 unspecified atom stereocenters. The van der Waals surface area contributed by atoms with Crippen LogP contribution in [0.5, 0.6) is 5.75 Å². The quantitative estimate of drug-likeness (QED) is 0.383. The Morgan fingerprint density at radius 3 is 2.52 bits per heavy atom. The molecule has 0 spiro atoms. The highest BCUT2D eigenvalue weighted by atomic mass is 19.1. The summed E-state index contributed by atoms with van der Waals surface area (Å²) in [7, 11) is 0. The number of aromatic nitrogens is 1. The molecule has 3 aromatic carbocycles. The highest BCUT2D eigenvalue weighted by molar-refractivity contribution is 5.81. The van der Waals surface area contributed by atoms with E-state index in [1.807, 2.05) is 55.6 Å². The average molecular weight is 417 g/mol. The van der Waals surface area contributed by atoms with Crippen LogP contribution in [0.15, 0.2) is 79.0 Å². The lowest BCUT2D eigenvalue weighted by Crippen LogP contribution is -2.03. The van der Waals surface area contributed by atoms with Crippen LogP contribution in [0.4, 0.5) is 4.39 Å². The molecule has 31 heavy (non-hydrogen) atoms. The van der Waals surface area contributed by atoms with E-state index >= 15 is 0 Å². The SMILES string of the molecule is CC(CC(=O)O)c1ccc(OCc2cc3c(ccn3Cc3ccccc3)cc2F)cc1. The largest absolute Gasteiger partial charge is 0.489 e. The second kappa shape index (κ2) is 9.04. The van der Waals surface area contributed by atoms with Crippen molar-refractivity contribution < 1.29 is 19.0 Å². The molecule has 0 aliphatic carbocycles. The van der Waals surface area contributed by atoms with E-state index in [9.17, 15) is 9.18 Å². The molecule has 1 aromatic heterocycles. The summed E-state index contributed by atoms with van der Waals surface area (Å²) < 4.78 is 22.5. The molecule has 1 heterocycles. The number of benzene rings is 3. The molecule has 0 amide bonds. The lowest BCUT2D eigenvalue weighted by atomic mass is 9.98. The molecule has 1 N–H and O–H groups in total. The van der Waals surface area contributed by atoms with E-state index in [4.69, 9.17) is 9.84 Å². The summed E-state index contributed by atoms with van der Waals surface area (Å²) in [6.07, 6.45) is 2.05. The number of fused-ring (bicyclic) bond motifs is 1. The first-order chi connectivity index (χ1) is 15.0. The summed E-state index contributed by atoms with van der Waals surface area (Å²) in [5.74, 6) is -0.582. The van der Waals surface area contributed by atoms with Crippen molar-refractivity contribution in [2.45, 2.75) is 32.4 Å². The Kier molecular flexibility index (Phi) is 6.03. The van der Waals surface area contributed by atoms with Crippen LogP contribution >= 0.6 is 0 Å². The van der Waals surface area contributed by atoms with Crippen LogP contribution in [-0.2, 0) is 17.9 Å². The van der Waals surface area contributed by atoms with Crippen molar-refractivity contribution in [3.8, 4) is 5.75 Å². The maximum absolute atomic E-state index is 14.6. The summed E-state index contributed by atoms with van der Waals surface area (Å²) in [6, 6.07) is 22.8. The first-order valence-electron chi connectivity index (χ1n) is 10.3. The number of hydrogen-bond donors (Lipinski definition) is 1. The van der Waals surface area contributed by atoms with Gasteiger partial charge in [-0.15, -0.1) is 0 Å². The van der Waals surface area contributed by atoms with Gasteiger partial charge in [0.2, 0.25) is 0 Å². The number of carbonyl (C=O) groups is 1. The molecule has 4 nitrogen and oxygen atoms in total. The third kappa shape index (κ3) is 4.94. The fraction of sp³-hybridized carbons (Fsp3) is 0.192. The van der Waals surface area contributed by atoms with Crippen LogP contribution in [0, 0.1) is 5.82 Å². The number of nitrogens with zero attached hydrogens (tertiary/aromatic N) is 1. The Labute approximate surface area is 180 Å². The van der Waals surface area contributed by atoms with Crippen LogP contribution < -0.4 is 4.74 Å². The molecule has 0 aliphatic rings. The molecule has 0 saturated carbocycles. The maximum Gasteiger partial charge on any atom is 0.303 e. The van der Waals surface area contributed by atoms with Crippen molar-refractivity contribution >= 4 is 16.9 Å². The molecule has 0 radical (unpaired) electrons. The van der Waals surface area contributed by atoms with Crippen LogP contribution in [0.25, 0.3) is 10.9 Å². The summed E-state index contributed by atoms with van der Waals surface area (Å²) in [4.78, 5) is 10.9. The van der Waals surface area contributed by atoms with Gasteiger partial charge in [0.05, 0.1) is 6.42 Å². The van der Waals surface area contributed by atoms with Gasteiger partial charge >= 0.3 is 5.97 Å². The standard InChI is InChI=1S/C26H24FNO3/c1-18(13-26(29)30)20-7-9-23(10-8-20)31-17-22-15-25-21(14-24(22)27)11-12-28(25)16-19-5-3-2-4-6-19/h2-12,14-15,18H,13,16-17H2,1H3,(H,29,30). The van der Waals surface area contributed by atoms with Crippen molar-refractivity contribution in [1.29, 1.82) is 0 Å². The van der Waals surface area contributed by atoms with E-state index < -0.39 is 5.97 Å². The highest BCUT2D eigenvalue weighted by Gasteiger charge is 2.12. The van der Waals surface area contributed by atoms with Crippen molar-refractivity contribution in [3.63, 3.8) is 0 Å². The van der Waals surface area contributed by atoms with Gasteiger partial charge in [0.1, 0.15) is 18.2 Å². The molecular weight excluding hydrogens is 393 g/mol. The van der Waals surface area contributed by atoms with Crippen molar-refractivity contribution in [2.75, 3.05) is 0 Å². The van der Waals surface area contributed by atoms with Gasteiger partial charge in [-0.1, -0.05) is 49.4 Å². The zero-order valence-electron chi connectivity index (χ0n) is 17.3. The van der Waals surface area contributed by atoms with Crippen LogP contribution in [0.1, 0.15) is 36.0 Å². The monoisotopic (exact) mass is 417 g/mol. The first-order valence-corrected chi connectivity index (χ1v) is 10.3. The molecule has 0 fully saturated rings. The predicted octanol–water partition coefficient (Wildman–Crippen LogP) is 5.99. The molecule has 5 heteroatoms. The second-order valence-electron chi connectivity index (χ2n) is 7.79. The Hall–Kier alpha value is -3.60. The van der Waals surface area contributed by atoms with Gasteiger partial charge in [0, 0.05) is 29.2 Å². The number of rotatable bonds is 8. The number of carboxylic acids is 1. The van der Waals surface area contributed by atoms with Gasteiger partial charge in [-0.05, 0) is 47.4 Å². The van der Waals surface area contributed by atoms with Crippen LogP contribution in [0.3, 0.4) is 0 Å². The molecule has 158 valence electrons. The van der Waals surface area contributed by atoms with Crippen LogP contribution in [-0.4, -0.2) is 15.6 Å². The zero-order chi connectivity index (χ0) is 21.8. The van der Waals surface area contributed by atoms with Gasteiger partial charge in [0.15, 0.2) is 0 Å². The van der Waals surface area contributed by atoms with Gasteiger partial charge < -0.3 is 14.4 Å². The minimum Gasteiger partial charge on any atom is -0.489 e. The van der Waals surface area contributed by atoms with E-state index in [0.717, 1.165) is 16.5 Å². The lowest BCUT2D eigenvalue weighted by molar-refractivity contribution is -0.137. The highest BCUT2D eigenvalue weighted by Crippen LogP contribution is 2.25. The number of hydrogen-bond acceptors (Lipinski definition) is 2. The predicted molar refractivity (Wildman–Crippen MR) is 119 cm³/mol. The third-order valence-corrected chi connectivity index (χ3v) is 5.46. The molecule has 0 saturated heterocycles. The molecule has 4 aromatic rings. The molecule has 0 aliphatic heterocycles. The van der Waals surface area contributed by atoms with E-state index in [2.05, 4.69) is 16.7 Å². The normalized spacial score (nSPS) is 12.1. The molecule has 0 bridgehead atoms. The maximum atomic E-state index is 14.6. The molecular formula is C26H24FNO3.